The lowest BCUT2D eigenvalue weighted by molar-refractivity contribution is 0.284. The molecule has 0 bridgehead atoms. The predicted molar refractivity (Wildman–Crippen MR) is 87.6 cm³/mol. The molecule has 22 heavy (non-hydrogen) atoms. The molecular formula is C13H21ClN2O4S2. The molecule has 1 aliphatic rings. The molecule has 2 rings (SSSR count). The van der Waals surface area contributed by atoms with E-state index in [4.69, 9.17) is 0 Å². The van der Waals surface area contributed by atoms with Crippen LogP contribution in [-0.4, -0.2) is 52.6 Å². The quantitative estimate of drug-likeness (QED) is 0.853. The Morgan fingerprint density at radius 2 is 1.86 bits per heavy atom. The molecule has 1 atom stereocenters. The number of piperazine rings is 1. The van der Waals surface area contributed by atoms with Crippen LogP contribution in [0.4, 0.5) is 0 Å². The smallest absolute Gasteiger partial charge is 0.243 e. The normalized spacial score (nSPS) is 20.4. The maximum absolute atomic E-state index is 12.7. The number of rotatable bonds is 4. The summed E-state index contributed by atoms with van der Waals surface area (Å²) in [6, 6.07) is 5.44. The van der Waals surface area contributed by atoms with Crippen LogP contribution in [-0.2, 0) is 19.9 Å². The first-order chi connectivity index (χ1) is 9.79. The first kappa shape index (κ1) is 19.4. The summed E-state index contributed by atoms with van der Waals surface area (Å²) < 4.78 is 50.6. The fraction of sp³-hybridized carbons (Fsp3) is 0.538. The van der Waals surface area contributed by atoms with Crippen molar-refractivity contribution in [3.63, 3.8) is 0 Å². The van der Waals surface area contributed by atoms with Crippen LogP contribution >= 0.6 is 12.4 Å². The van der Waals surface area contributed by atoms with Gasteiger partial charge in [-0.3, -0.25) is 0 Å². The zero-order valence-electron chi connectivity index (χ0n) is 12.5. The van der Waals surface area contributed by atoms with Gasteiger partial charge in [-0.1, -0.05) is 13.0 Å². The fourth-order valence-electron chi connectivity index (χ4n) is 2.31. The van der Waals surface area contributed by atoms with Crippen molar-refractivity contribution in [1.82, 2.24) is 9.62 Å². The fourth-order valence-corrected chi connectivity index (χ4v) is 4.99. The minimum Gasteiger partial charge on any atom is -0.314 e. The van der Waals surface area contributed by atoms with Crippen molar-refractivity contribution < 1.29 is 16.8 Å². The number of halogens is 1. The molecule has 6 nitrogen and oxygen atoms in total. The second-order valence-corrected chi connectivity index (χ2v) is 9.22. The van der Waals surface area contributed by atoms with Crippen molar-refractivity contribution in [1.29, 1.82) is 0 Å². The molecule has 1 aliphatic heterocycles. The number of sulfonamides is 1. The second-order valence-electron chi connectivity index (χ2n) is 5.05. The zero-order valence-corrected chi connectivity index (χ0v) is 15.0. The Kier molecular flexibility index (Phi) is 6.40. The van der Waals surface area contributed by atoms with Crippen LogP contribution in [0.15, 0.2) is 34.1 Å². The molecule has 0 amide bonds. The molecule has 0 aromatic heterocycles. The average molecular weight is 369 g/mol. The summed E-state index contributed by atoms with van der Waals surface area (Å²) in [4.78, 5) is 0.0830. The van der Waals surface area contributed by atoms with Crippen molar-refractivity contribution in [2.75, 3.05) is 25.4 Å². The first-order valence-electron chi connectivity index (χ1n) is 6.84. The Morgan fingerprint density at radius 1 is 1.23 bits per heavy atom. The molecule has 0 aliphatic carbocycles. The van der Waals surface area contributed by atoms with E-state index in [0.717, 1.165) is 0 Å². The van der Waals surface area contributed by atoms with E-state index >= 15 is 0 Å². The van der Waals surface area contributed by atoms with Gasteiger partial charge in [-0.2, -0.15) is 4.31 Å². The molecule has 1 saturated heterocycles. The minimum atomic E-state index is -3.67. The number of sulfone groups is 1. The van der Waals surface area contributed by atoms with Crippen LogP contribution < -0.4 is 5.32 Å². The summed E-state index contributed by atoms with van der Waals surface area (Å²) in [5.74, 6) is -0.0550. The van der Waals surface area contributed by atoms with Crippen molar-refractivity contribution in [2.24, 2.45) is 0 Å². The lowest BCUT2D eigenvalue weighted by atomic mass is 10.3. The van der Waals surface area contributed by atoms with Gasteiger partial charge < -0.3 is 5.32 Å². The molecule has 1 unspecified atom stereocenters. The Labute approximate surface area is 138 Å². The molecule has 0 saturated carbocycles. The van der Waals surface area contributed by atoms with Crippen LogP contribution in [0.2, 0.25) is 0 Å². The summed E-state index contributed by atoms with van der Waals surface area (Å²) in [6.45, 7) is 4.93. The van der Waals surface area contributed by atoms with E-state index in [1.165, 1.54) is 35.5 Å². The Balaban J connectivity index is 0.00000242. The third-order valence-electron chi connectivity index (χ3n) is 3.59. The van der Waals surface area contributed by atoms with Crippen molar-refractivity contribution in [3.8, 4) is 0 Å². The van der Waals surface area contributed by atoms with E-state index in [0.29, 0.717) is 19.6 Å². The molecule has 126 valence electrons. The summed E-state index contributed by atoms with van der Waals surface area (Å²) >= 11 is 0. The lowest BCUT2D eigenvalue weighted by Crippen LogP contribution is -2.52. The van der Waals surface area contributed by atoms with Crippen LogP contribution in [0.3, 0.4) is 0 Å². The van der Waals surface area contributed by atoms with Gasteiger partial charge in [0.1, 0.15) is 0 Å². The van der Waals surface area contributed by atoms with Crippen molar-refractivity contribution >= 4 is 32.3 Å². The van der Waals surface area contributed by atoms with Gasteiger partial charge in [-0.25, -0.2) is 16.8 Å². The zero-order chi connectivity index (χ0) is 15.7. The van der Waals surface area contributed by atoms with Crippen molar-refractivity contribution in [3.05, 3.63) is 24.3 Å². The number of nitrogens with zero attached hydrogens (tertiary/aromatic N) is 1. The molecule has 1 heterocycles. The number of benzene rings is 1. The van der Waals surface area contributed by atoms with Crippen LogP contribution in [0, 0.1) is 0 Å². The van der Waals surface area contributed by atoms with Gasteiger partial charge in [0.15, 0.2) is 9.84 Å². The molecule has 0 spiro atoms. The van der Waals surface area contributed by atoms with Gasteiger partial charge in [-0.05, 0) is 25.1 Å². The van der Waals surface area contributed by atoms with Gasteiger partial charge in [-0.15, -0.1) is 12.4 Å². The highest BCUT2D eigenvalue weighted by molar-refractivity contribution is 7.91. The van der Waals surface area contributed by atoms with E-state index in [9.17, 15) is 16.8 Å². The van der Waals surface area contributed by atoms with Crippen molar-refractivity contribution in [2.45, 2.75) is 29.7 Å². The first-order valence-corrected chi connectivity index (χ1v) is 9.93. The number of hydrogen-bond donors (Lipinski definition) is 1. The third-order valence-corrected chi connectivity index (χ3v) is 7.33. The molecule has 1 aromatic carbocycles. The van der Waals surface area contributed by atoms with Gasteiger partial charge >= 0.3 is 0 Å². The van der Waals surface area contributed by atoms with E-state index in [1.807, 2.05) is 6.92 Å². The largest absolute Gasteiger partial charge is 0.314 e. The molecule has 1 fully saturated rings. The predicted octanol–water partition coefficient (Wildman–Crippen LogP) is 0.884. The summed E-state index contributed by atoms with van der Waals surface area (Å²) in [5.41, 5.74) is 0. The molecule has 9 heteroatoms. The Hall–Kier alpha value is -0.670. The lowest BCUT2D eigenvalue weighted by Gasteiger charge is -2.32. The maximum atomic E-state index is 12.7. The van der Waals surface area contributed by atoms with Crippen LogP contribution in [0.1, 0.15) is 13.8 Å². The molecule has 0 radical (unpaired) electrons. The molecule has 1 aromatic rings. The van der Waals surface area contributed by atoms with E-state index in [1.54, 1.807) is 0 Å². The van der Waals surface area contributed by atoms with Gasteiger partial charge in [0.05, 0.1) is 15.5 Å². The summed E-state index contributed by atoms with van der Waals surface area (Å²) in [6.07, 6.45) is 0. The number of nitrogens with one attached hydrogen (secondary N) is 1. The third kappa shape index (κ3) is 3.80. The minimum absolute atomic E-state index is 0. The SMILES string of the molecule is CCS(=O)(=O)c1cccc(S(=O)(=O)N2CCNCC2C)c1.Cl. The highest BCUT2D eigenvalue weighted by Gasteiger charge is 2.31. The van der Waals surface area contributed by atoms with Crippen LogP contribution in [0.25, 0.3) is 0 Å². The Morgan fingerprint density at radius 3 is 2.45 bits per heavy atom. The van der Waals surface area contributed by atoms with Crippen LogP contribution in [0.5, 0.6) is 0 Å². The summed E-state index contributed by atoms with van der Waals surface area (Å²) in [5, 5.41) is 3.13. The standard InChI is InChI=1S/C13H20N2O4S2.ClH/c1-3-20(16,17)12-5-4-6-13(9-12)21(18,19)15-8-7-14-10-11(15)2;/h4-6,9,11,14H,3,7-8,10H2,1-2H3;1H. The summed E-state index contributed by atoms with van der Waals surface area (Å²) in [7, 11) is -7.09. The van der Waals surface area contributed by atoms with E-state index in [2.05, 4.69) is 5.32 Å². The highest BCUT2D eigenvalue weighted by Crippen LogP contribution is 2.22. The monoisotopic (exact) mass is 368 g/mol. The average Bonchev–Trinajstić information content (AvgIpc) is 2.47. The van der Waals surface area contributed by atoms with E-state index in [-0.39, 0.29) is 34.0 Å². The van der Waals surface area contributed by atoms with Gasteiger partial charge in [0.2, 0.25) is 10.0 Å². The van der Waals surface area contributed by atoms with Gasteiger partial charge in [0.25, 0.3) is 0 Å². The Bertz CT molecular complexity index is 719. The topological polar surface area (TPSA) is 83.5 Å². The highest BCUT2D eigenvalue weighted by atomic mass is 35.5. The van der Waals surface area contributed by atoms with E-state index < -0.39 is 19.9 Å². The van der Waals surface area contributed by atoms with Gasteiger partial charge in [0, 0.05) is 25.7 Å². The maximum Gasteiger partial charge on any atom is 0.243 e. The molecule has 1 N–H and O–H groups in total. The molecular weight excluding hydrogens is 348 g/mol. The number of hydrogen-bond acceptors (Lipinski definition) is 5. The second kappa shape index (κ2) is 7.27.